The molecule has 0 bridgehead atoms. The molecule has 1 heterocycles. The first kappa shape index (κ1) is 22.4. The molecule has 0 radical (unpaired) electrons. The summed E-state index contributed by atoms with van der Waals surface area (Å²) in [6.07, 6.45) is -4.53. The van der Waals surface area contributed by atoms with Gasteiger partial charge in [0, 0.05) is 10.8 Å². The fraction of sp³-hybridized carbons (Fsp3) is 0.200. The van der Waals surface area contributed by atoms with E-state index in [-0.39, 0.29) is 30.2 Å². The summed E-state index contributed by atoms with van der Waals surface area (Å²) in [5.41, 5.74) is 0.274. The van der Waals surface area contributed by atoms with Gasteiger partial charge in [-0.05, 0) is 43.3 Å². The minimum absolute atomic E-state index is 0.0647. The maximum absolute atomic E-state index is 13.1. The third-order valence-corrected chi connectivity index (χ3v) is 5.27. The summed E-state index contributed by atoms with van der Waals surface area (Å²) < 4.78 is 46.5. The van der Waals surface area contributed by atoms with E-state index in [9.17, 15) is 22.8 Å². The molecule has 0 saturated heterocycles. The van der Waals surface area contributed by atoms with Gasteiger partial charge in [0.2, 0.25) is 5.91 Å². The van der Waals surface area contributed by atoms with Gasteiger partial charge in [0.15, 0.2) is 5.43 Å². The van der Waals surface area contributed by atoms with Gasteiger partial charge in [-0.1, -0.05) is 36.4 Å². The number of benzene rings is 3. The van der Waals surface area contributed by atoms with Crippen molar-refractivity contribution >= 4 is 27.7 Å². The number of fused-ring (bicyclic) bond motifs is 2. The summed E-state index contributed by atoms with van der Waals surface area (Å²) in [5, 5.41) is 3.76. The molecular formula is C25H21F3N2O3. The third kappa shape index (κ3) is 4.69. The second-order valence-electron chi connectivity index (χ2n) is 7.72. The van der Waals surface area contributed by atoms with E-state index in [4.69, 9.17) is 4.74 Å². The lowest BCUT2D eigenvalue weighted by atomic mass is 10.1. The fourth-order valence-electron chi connectivity index (χ4n) is 3.79. The predicted molar refractivity (Wildman–Crippen MR) is 120 cm³/mol. The maximum atomic E-state index is 13.1. The summed E-state index contributed by atoms with van der Waals surface area (Å²) in [7, 11) is 0. The number of aromatic nitrogens is 1. The van der Waals surface area contributed by atoms with Gasteiger partial charge in [-0.25, -0.2) is 0 Å². The molecule has 0 aliphatic carbocycles. The van der Waals surface area contributed by atoms with Crippen molar-refractivity contribution in [2.24, 2.45) is 0 Å². The standard InChI is InChI=1S/C25H21F3N2O3/c1-16(15-33-22-13-7-4-10-19(22)25(26,27)28)29-23(31)14-30-20-11-5-2-8-17(20)24(32)18-9-3-6-12-21(18)30/h2-13,16H,14-15H2,1H3,(H,29,31). The Balaban J connectivity index is 1.52. The molecule has 3 aromatic carbocycles. The maximum Gasteiger partial charge on any atom is 0.419 e. The van der Waals surface area contributed by atoms with E-state index in [2.05, 4.69) is 5.32 Å². The average Bonchev–Trinajstić information content (AvgIpc) is 2.80. The van der Waals surface area contributed by atoms with Crippen LogP contribution in [-0.2, 0) is 17.5 Å². The zero-order chi connectivity index (χ0) is 23.6. The summed E-state index contributed by atoms with van der Waals surface area (Å²) in [6, 6.07) is 18.5. The third-order valence-electron chi connectivity index (χ3n) is 5.27. The lowest BCUT2D eigenvalue weighted by Crippen LogP contribution is -2.39. The number of alkyl halides is 3. The van der Waals surface area contributed by atoms with Crippen LogP contribution in [0.2, 0.25) is 0 Å². The Hall–Kier alpha value is -3.81. The largest absolute Gasteiger partial charge is 0.491 e. The first-order valence-corrected chi connectivity index (χ1v) is 10.3. The molecule has 1 amide bonds. The van der Waals surface area contributed by atoms with Crippen LogP contribution in [-0.4, -0.2) is 23.1 Å². The molecule has 1 unspecified atom stereocenters. The van der Waals surface area contributed by atoms with Gasteiger partial charge in [0.05, 0.1) is 22.6 Å². The van der Waals surface area contributed by atoms with Gasteiger partial charge in [-0.15, -0.1) is 0 Å². The van der Waals surface area contributed by atoms with Crippen LogP contribution >= 0.6 is 0 Å². The Morgan fingerprint density at radius 1 is 0.939 bits per heavy atom. The molecule has 0 fully saturated rings. The van der Waals surface area contributed by atoms with E-state index in [1.54, 1.807) is 60.0 Å². The van der Waals surface area contributed by atoms with Crippen molar-refractivity contribution in [3.63, 3.8) is 0 Å². The number of nitrogens with one attached hydrogen (secondary N) is 1. The second kappa shape index (κ2) is 8.97. The molecule has 8 heteroatoms. The van der Waals surface area contributed by atoms with Crippen molar-refractivity contribution in [3.8, 4) is 5.75 Å². The van der Waals surface area contributed by atoms with Crippen LogP contribution in [0.1, 0.15) is 12.5 Å². The molecule has 0 aliphatic rings. The number of hydrogen-bond acceptors (Lipinski definition) is 3. The van der Waals surface area contributed by atoms with Crippen LogP contribution in [0, 0.1) is 0 Å². The number of carbonyl (C=O) groups is 1. The lowest BCUT2D eigenvalue weighted by molar-refractivity contribution is -0.139. The number of amides is 1. The monoisotopic (exact) mass is 454 g/mol. The molecule has 4 aromatic rings. The molecule has 0 saturated carbocycles. The molecule has 4 rings (SSSR count). The minimum Gasteiger partial charge on any atom is -0.491 e. The van der Waals surface area contributed by atoms with Gasteiger partial charge in [0.25, 0.3) is 0 Å². The Labute approximate surface area is 187 Å². The second-order valence-corrected chi connectivity index (χ2v) is 7.72. The number of nitrogens with zero attached hydrogens (tertiary/aromatic N) is 1. The molecule has 0 spiro atoms. The number of carbonyl (C=O) groups excluding carboxylic acids is 1. The highest BCUT2D eigenvalue weighted by Crippen LogP contribution is 2.35. The number of rotatable bonds is 6. The number of pyridine rings is 1. The normalized spacial score (nSPS) is 12.6. The number of hydrogen-bond donors (Lipinski definition) is 1. The number of ether oxygens (including phenoxy) is 1. The average molecular weight is 454 g/mol. The molecule has 0 aliphatic heterocycles. The van der Waals surface area contributed by atoms with E-state index < -0.39 is 17.8 Å². The zero-order valence-corrected chi connectivity index (χ0v) is 17.7. The van der Waals surface area contributed by atoms with Gasteiger partial charge >= 0.3 is 6.18 Å². The van der Waals surface area contributed by atoms with Crippen LogP contribution in [0.4, 0.5) is 13.2 Å². The summed E-state index contributed by atoms with van der Waals surface area (Å²) >= 11 is 0. The van der Waals surface area contributed by atoms with Gasteiger partial charge in [0.1, 0.15) is 18.9 Å². The van der Waals surface area contributed by atoms with Crippen LogP contribution < -0.4 is 15.5 Å². The smallest absolute Gasteiger partial charge is 0.419 e. The van der Waals surface area contributed by atoms with E-state index in [1.165, 1.54) is 18.2 Å². The summed E-state index contributed by atoms with van der Waals surface area (Å²) in [6.45, 7) is 1.45. The van der Waals surface area contributed by atoms with Crippen molar-refractivity contribution in [1.29, 1.82) is 0 Å². The Bertz CT molecular complexity index is 1320. The molecule has 170 valence electrons. The molecular weight excluding hydrogens is 433 g/mol. The lowest BCUT2D eigenvalue weighted by Gasteiger charge is -2.19. The predicted octanol–water partition coefficient (Wildman–Crippen LogP) is 4.76. The van der Waals surface area contributed by atoms with Crippen LogP contribution in [0.15, 0.2) is 77.6 Å². The number of para-hydroxylation sites is 3. The van der Waals surface area contributed by atoms with Crippen molar-refractivity contribution < 1.29 is 22.7 Å². The summed E-state index contributed by atoms with van der Waals surface area (Å²) in [5.74, 6) is -0.641. The molecule has 33 heavy (non-hydrogen) atoms. The van der Waals surface area contributed by atoms with Crippen molar-refractivity contribution in [1.82, 2.24) is 9.88 Å². The van der Waals surface area contributed by atoms with E-state index in [1.807, 2.05) is 0 Å². The molecule has 5 nitrogen and oxygen atoms in total. The first-order valence-electron chi connectivity index (χ1n) is 10.3. The van der Waals surface area contributed by atoms with Crippen LogP contribution in [0.5, 0.6) is 5.75 Å². The Morgan fingerprint density at radius 2 is 1.48 bits per heavy atom. The highest BCUT2D eigenvalue weighted by atomic mass is 19.4. The fourth-order valence-corrected chi connectivity index (χ4v) is 3.79. The van der Waals surface area contributed by atoms with E-state index >= 15 is 0 Å². The highest BCUT2D eigenvalue weighted by molar-refractivity contribution is 5.94. The first-order chi connectivity index (χ1) is 15.8. The van der Waals surface area contributed by atoms with Crippen LogP contribution in [0.25, 0.3) is 21.8 Å². The van der Waals surface area contributed by atoms with Crippen LogP contribution in [0.3, 0.4) is 0 Å². The molecule has 1 aromatic heterocycles. The van der Waals surface area contributed by atoms with E-state index in [0.29, 0.717) is 21.8 Å². The van der Waals surface area contributed by atoms with Gasteiger partial charge in [-0.2, -0.15) is 13.2 Å². The van der Waals surface area contributed by atoms with Crippen molar-refractivity contribution in [3.05, 3.63) is 88.6 Å². The quantitative estimate of drug-likeness (QED) is 0.428. The Morgan fingerprint density at radius 3 is 2.09 bits per heavy atom. The van der Waals surface area contributed by atoms with Gasteiger partial charge in [-0.3, -0.25) is 9.59 Å². The van der Waals surface area contributed by atoms with Gasteiger partial charge < -0.3 is 14.6 Å². The topological polar surface area (TPSA) is 60.3 Å². The van der Waals surface area contributed by atoms with Crippen molar-refractivity contribution in [2.45, 2.75) is 25.7 Å². The SMILES string of the molecule is CC(COc1ccccc1C(F)(F)F)NC(=O)Cn1c2ccccc2c(=O)c2ccccc21. The zero-order valence-electron chi connectivity index (χ0n) is 17.7. The molecule has 1 atom stereocenters. The Kier molecular flexibility index (Phi) is 6.09. The molecule has 1 N–H and O–H groups in total. The summed E-state index contributed by atoms with van der Waals surface area (Å²) in [4.78, 5) is 25.6. The minimum atomic E-state index is -4.53. The highest BCUT2D eigenvalue weighted by Gasteiger charge is 2.34. The van der Waals surface area contributed by atoms with E-state index in [0.717, 1.165) is 6.07 Å². The number of halogens is 3. The van der Waals surface area contributed by atoms with Crippen molar-refractivity contribution in [2.75, 3.05) is 6.61 Å².